The van der Waals surface area contributed by atoms with Crippen LogP contribution in [0, 0.1) is 0 Å². The van der Waals surface area contributed by atoms with Gasteiger partial charge in [0.1, 0.15) is 11.5 Å². The molecule has 0 spiro atoms. The van der Waals surface area contributed by atoms with Gasteiger partial charge in [0.05, 0.1) is 26.4 Å². The molecule has 0 aromatic heterocycles. The minimum absolute atomic E-state index is 0.156. The first-order chi connectivity index (χ1) is 9.03. The van der Waals surface area contributed by atoms with E-state index in [-0.39, 0.29) is 11.3 Å². The molecule has 0 heterocycles. The average molecular weight is 269 g/mol. The fourth-order valence-electron chi connectivity index (χ4n) is 1.41. The zero-order valence-electron chi connectivity index (χ0n) is 10.5. The molecule has 1 rings (SSSR count). The van der Waals surface area contributed by atoms with E-state index < -0.39 is 24.5 Å². The molecule has 0 aliphatic rings. The number of ether oxygens (including phenoxy) is 2. The lowest BCUT2D eigenvalue weighted by atomic mass is 10.1. The van der Waals surface area contributed by atoms with Gasteiger partial charge in [0.2, 0.25) is 0 Å². The van der Waals surface area contributed by atoms with E-state index in [0.717, 1.165) is 0 Å². The second kappa shape index (κ2) is 6.60. The molecular weight excluding hydrogens is 254 g/mol. The molecule has 104 valence electrons. The molecule has 19 heavy (non-hydrogen) atoms. The van der Waals surface area contributed by atoms with Gasteiger partial charge in [-0.2, -0.15) is 0 Å². The van der Waals surface area contributed by atoms with Gasteiger partial charge >= 0.3 is 5.97 Å². The number of carbonyl (C=O) groups excluding carboxylic acids is 1. The number of aliphatic carboxylic acids is 1. The lowest BCUT2D eigenvalue weighted by Gasteiger charge is -2.14. The van der Waals surface area contributed by atoms with Gasteiger partial charge in [0.15, 0.2) is 6.04 Å². The largest absolute Gasteiger partial charge is 0.497 e. The molecule has 1 aromatic carbocycles. The van der Waals surface area contributed by atoms with Gasteiger partial charge in [-0.25, -0.2) is 4.79 Å². The SMILES string of the molecule is COc1ccc(C(=O)N[C@@H](CO)C(=O)O)c(OC)c1. The highest BCUT2D eigenvalue weighted by Gasteiger charge is 2.21. The van der Waals surface area contributed by atoms with Crippen LogP contribution in [0.5, 0.6) is 11.5 Å². The molecule has 0 saturated heterocycles. The van der Waals surface area contributed by atoms with Gasteiger partial charge in [-0.15, -0.1) is 0 Å². The molecule has 7 heteroatoms. The number of amides is 1. The van der Waals surface area contributed by atoms with Crippen LogP contribution < -0.4 is 14.8 Å². The normalized spacial score (nSPS) is 11.5. The van der Waals surface area contributed by atoms with Crippen LogP contribution in [0.3, 0.4) is 0 Å². The third-order valence-electron chi connectivity index (χ3n) is 2.44. The van der Waals surface area contributed by atoms with Crippen molar-refractivity contribution in [3.8, 4) is 11.5 Å². The third-order valence-corrected chi connectivity index (χ3v) is 2.44. The molecule has 0 bridgehead atoms. The van der Waals surface area contributed by atoms with Crippen LogP contribution in [0.1, 0.15) is 10.4 Å². The maximum atomic E-state index is 11.9. The first-order valence-corrected chi connectivity index (χ1v) is 5.40. The molecule has 1 aromatic rings. The number of nitrogens with one attached hydrogen (secondary N) is 1. The van der Waals surface area contributed by atoms with Crippen LogP contribution in [0.25, 0.3) is 0 Å². The quantitative estimate of drug-likeness (QED) is 0.665. The van der Waals surface area contributed by atoms with Crippen LogP contribution >= 0.6 is 0 Å². The summed E-state index contributed by atoms with van der Waals surface area (Å²) in [6.45, 7) is -0.695. The molecule has 0 saturated carbocycles. The molecule has 7 nitrogen and oxygen atoms in total. The first kappa shape index (κ1) is 14.8. The summed E-state index contributed by atoms with van der Waals surface area (Å²) < 4.78 is 10.0. The third kappa shape index (κ3) is 3.59. The lowest BCUT2D eigenvalue weighted by molar-refractivity contribution is -0.140. The fraction of sp³-hybridized carbons (Fsp3) is 0.333. The number of rotatable bonds is 6. The van der Waals surface area contributed by atoms with E-state index in [2.05, 4.69) is 5.32 Å². The van der Waals surface area contributed by atoms with Crippen molar-refractivity contribution >= 4 is 11.9 Å². The molecule has 0 aliphatic carbocycles. The predicted molar refractivity (Wildman–Crippen MR) is 65.5 cm³/mol. The monoisotopic (exact) mass is 269 g/mol. The highest BCUT2D eigenvalue weighted by molar-refractivity contribution is 5.99. The summed E-state index contributed by atoms with van der Waals surface area (Å²) in [6.07, 6.45) is 0. The number of benzene rings is 1. The summed E-state index contributed by atoms with van der Waals surface area (Å²) in [7, 11) is 2.85. The Morgan fingerprint density at radius 1 is 1.32 bits per heavy atom. The summed E-state index contributed by atoms with van der Waals surface area (Å²) in [6, 6.07) is 3.14. The predicted octanol–water partition coefficient (Wildman–Crippen LogP) is -0.121. The number of aliphatic hydroxyl groups is 1. The maximum Gasteiger partial charge on any atom is 0.328 e. The highest BCUT2D eigenvalue weighted by atomic mass is 16.5. The number of carboxylic acid groups (broad SMARTS) is 1. The van der Waals surface area contributed by atoms with Crippen LogP contribution in [-0.2, 0) is 4.79 Å². The number of aliphatic hydroxyl groups excluding tert-OH is 1. The Kier molecular flexibility index (Phi) is 5.13. The van der Waals surface area contributed by atoms with E-state index >= 15 is 0 Å². The molecule has 0 aliphatic heterocycles. The molecule has 0 fully saturated rings. The van der Waals surface area contributed by atoms with E-state index in [1.54, 1.807) is 6.07 Å². The topological polar surface area (TPSA) is 105 Å². The Morgan fingerprint density at radius 2 is 2.00 bits per heavy atom. The Balaban J connectivity index is 2.96. The summed E-state index contributed by atoms with van der Waals surface area (Å²) in [5, 5.41) is 19.8. The number of hydrogen-bond acceptors (Lipinski definition) is 5. The average Bonchev–Trinajstić information content (AvgIpc) is 2.43. The first-order valence-electron chi connectivity index (χ1n) is 5.40. The van der Waals surface area contributed by atoms with Crippen molar-refractivity contribution in [3.05, 3.63) is 23.8 Å². The fourth-order valence-corrected chi connectivity index (χ4v) is 1.41. The van der Waals surface area contributed by atoms with Crippen LogP contribution in [0.15, 0.2) is 18.2 Å². The van der Waals surface area contributed by atoms with Gasteiger partial charge < -0.3 is 25.0 Å². The molecule has 1 amide bonds. The zero-order valence-corrected chi connectivity index (χ0v) is 10.5. The molecule has 0 unspecified atom stereocenters. The number of carbonyl (C=O) groups is 2. The molecule has 0 radical (unpaired) electrons. The van der Waals surface area contributed by atoms with E-state index in [1.807, 2.05) is 0 Å². The van der Waals surface area contributed by atoms with Crippen LogP contribution in [0.2, 0.25) is 0 Å². The van der Waals surface area contributed by atoms with Gasteiger partial charge in [0, 0.05) is 6.07 Å². The second-order valence-corrected chi connectivity index (χ2v) is 3.61. The van der Waals surface area contributed by atoms with Gasteiger partial charge in [0.25, 0.3) is 5.91 Å². The minimum atomic E-state index is -1.36. The van der Waals surface area contributed by atoms with Crippen molar-refractivity contribution in [1.29, 1.82) is 0 Å². The van der Waals surface area contributed by atoms with Crippen molar-refractivity contribution in [1.82, 2.24) is 5.32 Å². The molecular formula is C12H15NO6. The van der Waals surface area contributed by atoms with Crippen molar-refractivity contribution in [2.24, 2.45) is 0 Å². The van der Waals surface area contributed by atoms with E-state index in [1.165, 1.54) is 26.4 Å². The summed E-state index contributed by atoms with van der Waals surface area (Å²) in [4.78, 5) is 22.6. The Labute approximate surface area is 109 Å². The van der Waals surface area contributed by atoms with Crippen molar-refractivity contribution in [2.45, 2.75) is 6.04 Å². The molecule has 1 atom stereocenters. The van der Waals surface area contributed by atoms with E-state index in [9.17, 15) is 9.59 Å². The minimum Gasteiger partial charge on any atom is -0.497 e. The van der Waals surface area contributed by atoms with Crippen molar-refractivity contribution < 1.29 is 29.3 Å². The number of hydrogen-bond donors (Lipinski definition) is 3. The van der Waals surface area contributed by atoms with Crippen LogP contribution in [-0.4, -0.2) is 49.0 Å². The Bertz CT molecular complexity index is 473. The van der Waals surface area contributed by atoms with Gasteiger partial charge in [-0.3, -0.25) is 4.79 Å². The van der Waals surface area contributed by atoms with Crippen molar-refractivity contribution in [3.63, 3.8) is 0 Å². The van der Waals surface area contributed by atoms with E-state index in [0.29, 0.717) is 5.75 Å². The number of carboxylic acids is 1. The lowest BCUT2D eigenvalue weighted by Crippen LogP contribution is -2.43. The summed E-state index contributed by atoms with van der Waals surface area (Å²) in [5.74, 6) is -1.21. The summed E-state index contributed by atoms with van der Waals surface area (Å²) >= 11 is 0. The number of methoxy groups -OCH3 is 2. The van der Waals surface area contributed by atoms with Gasteiger partial charge in [-0.1, -0.05) is 0 Å². The highest BCUT2D eigenvalue weighted by Crippen LogP contribution is 2.24. The van der Waals surface area contributed by atoms with E-state index in [4.69, 9.17) is 19.7 Å². The maximum absolute atomic E-state index is 11.9. The Morgan fingerprint density at radius 3 is 2.47 bits per heavy atom. The molecule has 3 N–H and O–H groups in total. The zero-order chi connectivity index (χ0) is 14.4. The standard InChI is InChI=1S/C12H15NO6/c1-18-7-3-4-8(10(5-7)19-2)11(15)13-9(6-14)12(16)17/h3-5,9,14H,6H2,1-2H3,(H,13,15)(H,16,17)/t9-/m0/s1. The smallest absolute Gasteiger partial charge is 0.328 e. The van der Waals surface area contributed by atoms with Crippen molar-refractivity contribution in [2.75, 3.05) is 20.8 Å². The van der Waals surface area contributed by atoms with Gasteiger partial charge in [-0.05, 0) is 12.1 Å². The second-order valence-electron chi connectivity index (χ2n) is 3.61. The van der Waals surface area contributed by atoms with Crippen LogP contribution in [0.4, 0.5) is 0 Å². The summed E-state index contributed by atoms with van der Waals surface area (Å²) in [5.41, 5.74) is 0.156. The Hall–Kier alpha value is -2.28.